The predicted molar refractivity (Wildman–Crippen MR) is 91.1 cm³/mol. The molecule has 0 radical (unpaired) electrons. The summed E-state index contributed by atoms with van der Waals surface area (Å²) in [6.45, 7) is 8.48. The van der Waals surface area contributed by atoms with E-state index in [0.29, 0.717) is 23.0 Å². The van der Waals surface area contributed by atoms with E-state index in [0.717, 1.165) is 18.8 Å². The Balaban J connectivity index is 2.06. The molecule has 0 aliphatic heterocycles. The van der Waals surface area contributed by atoms with Crippen molar-refractivity contribution in [2.45, 2.75) is 39.0 Å². The lowest BCUT2D eigenvalue weighted by Gasteiger charge is -2.10. The topological polar surface area (TPSA) is 99.8 Å². The van der Waals surface area contributed by atoms with Gasteiger partial charge in [0.1, 0.15) is 10.7 Å². The van der Waals surface area contributed by atoms with E-state index in [9.17, 15) is 8.42 Å². The molecule has 0 aliphatic carbocycles. The number of anilines is 2. The molecule has 2 rings (SSSR count). The van der Waals surface area contributed by atoms with Crippen LogP contribution in [0.5, 0.6) is 0 Å². The molecule has 3 N–H and O–H groups in total. The third-order valence-electron chi connectivity index (χ3n) is 3.37. The molecule has 2 heterocycles. The van der Waals surface area contributed by atoms with Crippen LogP contribution in [-0.2, 0) is 10.0 Å². The van der Waals surface area contributed by atoms with E-state index >= 15 is 0 Å². The second-order valence-electron chi connectivity index (χ2n) is 5.91. The first-order valence-corrected chi connectivity index (χ1v) is 9.02. The van der Waals surface area contributed by atoms with E-state index < -0.39 is 10.0 Å². The van der Waals surface area contributed by atoms with Gasteiger partial charge >= 0.3 is 0 Å². The minimum Gasteiger partial charge on any atom is -0.370 e. The maximum Gasteiger partial charge on any atom is 0.265 e. The molecule has 0 saturated carbocycles. The van der Waals surface area contributed by atoms with E-state index in [1.54, 1.807) is 26.0 Å². The smallest absolute Gasteiger partial charge is 0.265 e. The summed E-state index contributed by atoms with van der Waals surface area (Å²) in [4.78, 5) is 4.40. The van der Waals surface area contributed by atoms with E-state index in [-0.39, 0.29) is 4.90 Å². The summed E-state index contributed by atoms with van der Waals surface area (Å²) in [7, 11) is -3.68. The van der Waals surface area contributed by atoms with E-state index in [1.807, 2.05) is 0 Å². The molecule has 23 heavy (non-hydrogen) atoms. The van der Waals surface area contributed by atoms with Gasteiger partial charge in [0.25, 0.3) is 10.0 Å². The van der Waals surface area contributed by atoms with Crippen molar-refractivity contribution in [1.29, 1.82) is 0 Å². The Morgan fingerprint density at radius 2 is 2.00 bits per heavy atom. The Hall–Kier alpha value is -2.09. The largest absolute Gasteiger partial charge is 0.370 e. The van der Waals surface area contributed by atoms with Crippen LogP contribution in [0.4, 0.5) is 11.5 Å². The van der Waals surface area contributed by atoms with Crippen LogP contribution in [0.3, 0.4) is 0 Å². The van der Waals surface area contributed by atoms with E-state index in [4.69, 9.17) is 0 Å². The fourth-order valence-electron chi connectivity index (χ4n) is 2.19. The Bertz CT molecular complexity index is 731. The van der Waals surface area contributed by atoms with Gasteiger partial charge in [-0.15, -0.1) is 0 Å². The van der Waals surface area contributed by atoms with Crippen molar-refractivity contribution in [2.75, 3.05) is 16.6 Å². The molecule has 0 atom stereocenters. The first kappa shape index (κ1) is 17.3. The highest BCUT2D eigenvalue weighted by Gasteiger charge is 2.22. The second kappa shape index (κ2) is 6.99. The molecule has 0 amide bonds. The molecule has 7 nitrogen and oxygen atoms in total. The number of aromatic nitrogens is 3. The number of aromatic amines is 1. The quantitative estimate of drug-likeness (QED) is 0.721. The van der Waals surface area contributed by atoms with Gasteiger partial charge in [0.15, 0.2) is 0 Å². The van der Waals surface area contributed by atoms with Crippen molar-refractivity contribution >= 4 is 21.5 Å². The Morgan fingerprint density at radius 1 is 1.26 bits per heavy atom. The molecule has 0 aliphatic rings. The molecule has 0 unspecified atom stereocenters. The fourth-order valence-corrected chi connectivity index (χ4v) is 3.61. The molecule has 126 valence electrons. The van der Waals surface area contributed by atoms with E-state index in [1.165, 1.54) is 6.20 Å². The number of hydrogen-bond donors (Lipinski definition) is 3. The van der Waals surface area contributed by atoms with Crippen LogP contribution in [0.15, 0.2) is 23.2 Å². The summed E-state index contributed by atoms with van der Waals surface area (Å²) in [6, 6.07) is 3.44. The number of sulfonamides is 1. The molecule has 2 aromatic rings. The number of rotatable bonds is 7. The molecule has 0 aromatic carbocycles. The molecule has 0 fully saturated rings. The maximum absolute atomic E-state index is 12.4. The summed E-state index contributed by atoms with van der Waals surface area (Å²) in [6.07, 6.45) is 2.55. The van der Waals surface area contributed by atoms with Gasteiger partial charge in [0.05, 0.1) is 23.3 Å². The third kappa shape index (κ3) is 4.44. The number of pyridine rings is 1. The molecule has 2 aromatic heterocycles. The van der Waals surface area contributed by atoms with Crippen LogP contribution in [0, 0.1) is 19.8 Å². The van der Waals surface area contributed by atoms with Crippen LogP contribution >= 0.6 is 0 Å². The number of aryl methyl sites for hydroxylation is 2. The number of hydrogen-bond acceptors (Lipinski definition) is 5. The molecule has 0 bridgehead atoms. The second-order valence-corrected chi connectivity index (χ2v) is 7.53. The van der Waals surface area contributed by atoms with Gasteiger partial charge in [-0.2, -0.15) is 5.10 Å². The minimum absolute atomic E-state index is 0.177. The average molecular weight is 337 g/mol. The highest BCUT2D eigenvalue weighted by molar-refractivity contribution is 7.92. The first-order valence-electron chi connectivity index (χ1n) is 7.54. The Morgan fingerprint density at radius 3 is 2.52 bits per heavy atom. The Kier molecular flexibility index (Phi) is 5.25. The van der Waals surface area contributed by atoms with Crippen molar-refractivity contribution in [3.63, 3.8) is 0 Å². The molecular formula is C15H23N5O2S. The zero-order chi connectivity index (χ0) is 17.0. The maximum atomic E-state index is 12.4. The van der Waals surface area contributed by atoms with Crippen molar-refractivity contribution in [1.82, 2.24) is 15.2 Å². The molecule has 0 saturated heterocycles. The predicted octanol–water partition coefficient (Wildman–Crippen LogP) is 2.68. The van der Waals surface area contributed by atoms with Gasteiger partial charge in [-0.1, -0.05) is 13.8 Å². The van der Waals surface area contributed by atoms with Gasteiger partial charge in [0, 0.05) is 6.54 Å². The summed E-state index contributed by atoms with van der Waals surface area (Å²) < 4.78 is 27.4. The number of nitrogens with one attached hydrogen (secondary N) is 3. The van der Waals surface area contributed by atoms with Crippen molar-refractivity contribution < 1.29 is 8.42 Å². The van der Waals surface area contributed by atoms with Crippen molar-refractivity contribution in [2.24, 2.45) is 5.92 Å². The van der Waals surface area contributed by atoms with Gasteiger partial charge in [-0.3, -0.25) is 9.82 Å². The molecule has 0 spiro atoms. The lowest BCUT2D eigenvalue weighted by atomic mass is 10.1. The summed E-state index contributed by atoms with van der Waals surface area (Å²) in [5.74, 6) is 1.35. The molecule has 8 heteroatoms. The number of nitrogens with zero attached hydrogens (tertiary/aromatic N) is 2. The van der Waals surface area contributed by atoms with Crippen LogP contribution in [0.1, 0.15) is 31.7 Å². The Labute approximate surface area is 137 Å². The number of H-pyrrole nitrogens is 1. The lowest BCUT2D eigenvalue weighted by molar-refractivity contribution is 0.600. The van der Waals surface area contributed by atoms with Crippen LogP contribution in [-0.4, -0.2) is 30.1 Å². The van der Waals surface area contributed by atoms with Gasteiger partial charge in [-0.25, -0.2) is 13.4 Å². The van der Waals surface area contributed by atoms with Gasteiger partial charge < -0.3 is 5.32 Å². The standard InChI is InChI=1S/C15H23N5O2S/c1-10(2)7-8-16-14-6-5-13(9-17-14)20-23(21,22)15-11(3)18-19-12(15)4/h5-6,9-10,20H,7-8H2,1-4H3,(H,16,17)(H,18,19). The highest BCUT2D eigenvalue weighted by Crippen LogP contribution is 2.21. The SMILES string of the molecule is Cc1n[nH]c(C)c1S(=O)(=O)Nc1ccc(NCCC(C)C)nc1. The normalized spacial score (nSPS) is 11.7. The lowest BCUT2D eigenvalue weighted by Crippen LogP contribution is -2.15. The third-order valence-corrected chi connectivity index (χ3v) is 5.02. The van der Waals surface area contributed by atoms with Crippen LogP contribution in [0.2, 0.25) is 0 Å². The van der Waals surface area contributed by atoms with Crippen LogP contribution < -0.4 is 10.0 Å². The van der Waals surface area contributed by atoms with Crippen molar-refractivity contribution in [3.8, 4) is 0 Å². The average Bonchev–Trinajstić information content (AvgIpc) is 2.80. The monoisotopic (exact) mass is 337 g/mol. The summed E-state index contributed by atoms with van der Waals surface area (Å²) in [5, 5.41) is 9.80. The minimum atomic E-state index is -3.68. The summed E-state index contributed by atoms with van der Waals surface area (Å²) >= 11 is 0. The molecular weight excluding hydrogens is 314 g/mol. The van der Waals surface area contributed by atoms with E-state index in [2.05, 4.69) is 39.1 Å². The van der Waals surface area contributed by atoms with Crippen LogP contribution in [0.25, 0.3) is 0 Å². The van der Waals surface area contributed by atoms with Crippen molar-refractivity contribution in [3.05, 3.63) is 29.7 Å². The fraction of sp³-hybridized carbons (Fsp3) is 0.467. The van der Waals surface area contributed by atoms with Gasteiger partial charge in [-0.05, 0) is 38.3 Å². The first-order chi connectivity index (χ1) is 10.8. The zero-order valence-corrected chi connectivity index (χ0v) is 14.7. The summed E-state index contributed by atoms with van der Waals surface area (Å²) in [5.41, 5.74) is 1.37. The highest BCUT2D eigenvalue weighted by atomic mass is 32.2. The zero-order valence-electron chi connectivity index (χ0n) is 13.8. The van der Waals surface area contributed by atoms with Gasteiger partial charge in [0.2, 0.25) is 0 Å².